The monoisotopic (exact) mass is 289 g/mol. The summed E-state index contributed by atoms with van der Waals surface area (Å²) in [5.74, 6) is -1.27. The van der Waals surface area contributed by atoms with Crippen LogP contribution in [-0.4, -0.2) is 35.0 Å². The third kappa shape index (κ3) is 2.55. The standard InChI is InChI=1S/C17H23NO3/c1-9-10(2)12(4)15(13(5)11(9)3)16(19)18-7-6-14(8-18)17(20)21/h14H,6-8H2,1-5H3,(H,20,21). The van der Waals surface area contributed by atoms with Crippen LogP contribution in [0.25, 0.3) is 0 Å². The lowest BCUT2D eigenvalue weighted by Crippen LogP contribution is -2.31. The Balaban J connectivity index is 2.39. The van der Waals surface area contributed by atoms with Crippen LogP contribution in [0.5, 0.6) is 0 Å². The van der Waals surface area contributed by atoms with Gasteiger partial charge in [-0.15, -0.1) is 0 Å². The van der Waals surface area contributed by atoms with Crippen molar-refractivity contribution in [3.8, 4) is 0 Å². The van der Waals surface area contributed by atoms with Crippen LogP contribution in [0.2, 0.25) is 0 Å². The van der Waals surface area contributed by atoms with E-state index in [1.807, 2.05) is 27.7 Å². The van der Waals surface area contributed by atoms with Crippen LogP contribution < -0.4 is 0 Å². The van der Waals surface area contributed by atoms with Crippen molar-refractivity contribution in [2.75, 3.05) is 13.1 Å². The Kier molecular flexibility index (Phi) is 4.08. The molecule has 4 nitrogen and oxygen atoms in total. The Morgan fingerprint density at radius 1 is 0.952 bits per heavy atom. The van der Waals surface area contributed by atoms with E-state index in [9.17, 15) is 9.59 Å². The van der Waals surface area contributed by atoms with Crippen molar-refractivity contribution in [2.45, 2.75) is 41.0 Å². The fraction of sp³-hybridized carbons (Fsp3) is 0.529. The molecule has 21 heavy (non-hydrogen) atoms. The smallest absolute Gasteiger partial charge is 0.308 e. The molecule has 0 spiro atoms. The topological polar surface area (TPSA) is 57.6 Å². The molecule has 1 amide bonds. The van der Waals surface area contributed by atoms with E-state index in [0.29, 0.717) is 19.5 Å². The molecule has 1 N–H and O–H groups in total. The molecule has 0 aromatic heterocycles. The first-order chi connectivity index (χ1) is 9.75. The number of carbonyl (C=O) groups excluding carboxylic acids is 1. The van der Waals surface area contributed by atoms with E-state index in [4.69, 9.17) is 5.11 Å². The molecule has 0 bridgehead atoms. The lowest BCUT2D eigenvalue weighted by atomic mass is 9.89. The number of hydrogen-bond donors (Lipinski definition) is 1. The van der Waals surface area contributed by atoms with Crippen molar-refractivity contribution in [3.63, 3.8) is 0 Å². The maximum atomic E-state index is 12.8. The van der Waals surface area contributed by atoms with Crippen molar-refractivity contribution in [3.05, 3.63) is 33.4 Å². The van der Waals surface area contributed by atoms with Crippen LogP contribution in [0.3, 0.4) is 0 Å². The summed E-state index contributed by atoms with van der Waals surface area (Å²) in [7, 11) is 0. The second kappa shape index (κ2) is 5.51. The third-order valence-electron chi connectivity index (χ3n) is 5.04. The van der Waals surface area contributed by atoms with E-state index < -0.39 is 11.9 Å². The molecule has 114 valence electrons. The van der Waals surface area contributed by atoms with Gasteiger partial charge in [0.25, 0.3) is 5.91 Å². The Labute approximate surface area is 125 Å². The average molecular weight is 289 g/mol. The number of hydrogen-bond acceptors (Lipinski definition) is 2. The second-order valence-corrected chi connectivity index (χ2v) is 6.08. The van der Waals surface area contributed by atoms with Gasteiger partial charge >= 0.3 is 5.97 Å². The van der Waals surface area contributed by atoms with Crippen LogP contribution >= 0.6 is 0 Å². The van der Waals surface area contributed by atoms with Gasteiger partial charge in [0.1, 0.15) is 0 Å². The Hall–Kier alpha value is -1.84. The number of carbonyl (C=O) groups is 2. The summed E-state index contributed by atoms with van der Waals surface area (Å²) in [6, 6.07) is 0. The fourth-order valence-corrected chi connectivity index (χ4v) is 3.13. The molecule has 2 rings (SSSR count). The van der Waals surface area contributed by atoms with Crippen molar-refractivity contribution in [2.24, 2.45) is 5.92 Å². The van der Waals surface area contributed by atoms with Gasteiger partial charge in [0.2, 0.25) is 0 Å². The first kappa shape index (κ1) is 15.5. The lowest BCUT2D eigenvalue weighted by Gasteiger charge is -2.22. The highest BCUT2D eigenvalue weighted by Crippen LogP contribution is 2.28. The summed E-state index contributed by atoms with van der Waals surface area (Å²) in [6.45, 7) is 11.0. The zero-order chi connectivity index (χ0) is 15.9. The minimum Gasteiger partial charge on any atom is -0.481 e. The van der Waals surface area contributed by atoms with Gasteiger partial charge in [0.05, 0.1) is 5.92 Å². The minimum absolute atomic E-state index is 0.0278. The number of amides is 1. The average Bonchev–Trinajstić information content (AvgIpc) is 2.93. The maximum absolute atomic E-state index is 12.8. The molecule has 1 atom stereocenters. The van der Waals surface area contributed by atoms with Gasteiger partial charge in [0.15, 0.2) is 0 Å². The Morgan fingerprint density at radius 3 is 1.86 bits per heavy atom. The maximum Gasteiger partial charge on any atom is 0.308 e. The molecule has 1 unspecified atom stereocenters. The highest BCUT2D eigenvalue weighted by molar-refractivity contribution is 5.98. The summed E-state index contributed by atoms with van der Waals surface area (Å²) in [5, 5.41) is 9.08. The quantitative estimate of drug-likeness (QED) is 0.910. The van der Waals surface area contributed by atoms with E-state index in [2.05, 4.69) is 6.92 Å². The molecule has 0 radical (unpaired) electrons. The summed E-state index contributed by atoms with van der Waals surface area (Å²) >= 11 is 0. The van der Waals surface area contributed by atoms with E-state index in [0.717, 1.165) is 27.8 Å². The summed E-state index contributed by atoms with van der Waals surface area (Å²) in [6.07, 6.45) is 0.545. The van der Waals surface area contributed by atoms with Crippen molar-refractivity contribution in [1.29, 1.82) is 0 Å². The van der Waals surface area contributed by atoms with Gasteiger partial charge in [-0.25, -0.2) is 0 Å². The number of rotatable bonds is 2. The number of aliphatic carboxylic acids is 1. The molecule has 1 aliphatic rings. The number of benzene rings is 1. The van der Waals surface area contributed by atoms with Gasteiger partial charge in [-0.05, 0) is 68.9 Å². The summed E-state index contributed by atoms with van der Waals surface area (Å²) in [5.41, 5.74) is 6.30. The first-order valence-electron chi connectivity index (χ1n) is 7.34. The van der Waals surface area contributed by atoms with E-state index in [-0.39, 0.29) is 5.91 Å². The van der Waals surface area contributed by atoms with Gasteiger partial charge in [-0.3, -0.25) is 9.59 Å². The summed E-state index contributed by atoms with van der Waals surface area (Å²) < 4.78 is 0. The minimum atomic E-state index is -0.810. The van der Waals surface area contributed by atoms with Crippen molar-refractivity contribution >= 4 is 11.9 Å². The zero-order valence-corrected chi connectivity index (χ0v) is 13.4. The van der Waals surface area contributed by atoms with Crippen LogP contribution in [0, 0.1) is 40.5 Å². The number of carboxylic acid groups (broad SMARTS) is 1. The van der Waals surface area contributed by atoms with Crippen LogP contribution in [0.4, 0.5) is 0 Å². The largest absolute Gasteiger partial charge is 0.481 e. The third-order valence-corrected chi connectivity index (χ3v) is 5.04. The van der Waals surface area contributed by atoms with E-state index in [1.165, 1.54) is 5.56 Å². The predicted molar refractivity (Wildman–Crippen MR) is 81.8 cm³/mol. The molecule has 1 aliphatic heterocycles. The number of nitrogens with zero attached hydrogens (tertiary/aromatic N) is 1. The SMILES string of the molecule is Cc1c(C)c(C)c(C(=O)N2CCC(C(=O)O)C2)c(C)c1C. The second-order valence-electron chi connectivity index (χ2n) is 6.08. The first-order valence-corrected chi connectivity index (χ1v) is 7.34. The van der Waals surface area contributed by atoms with Crippen molar-refractivity contribution in [1.82, 2.24) is 4.90 Å². The lowest BCUT2D eigenvalue weighted by molar-refractivity contribution is -0.141. The highest BCUT2D eigenvalue weighted by atomic mass is 16.4. The molecule has 1 aromatic carbocycles. The Morgan fingerprint density at radius 2 is 1.43 bits per heavy atom. The van der Waals surface area contributed by atoms with Gasteiger partial charge < -0.3 is 10.0 Å². The van der Waals surface area contributed by atoms with Crippen LogP contribution in [-0.2, 0) is 4.79 Å². The Bertz CT molecular complexity index is 590. The van der Waals surface area contributed by atoms with Gasteiger partial charge in [0, 0.05) is 18.7 Å². The van der Waals surface area contributed by atoms with E-state index >= 15 is 0 Å². The van der Waals surface area contributed by atoms with Crippen LogP contribution in [0.1, 0.15) is 44.6 Å². The fourth-order valence-electron chi connectivity index (χ4n) is 3.13. The molecule has 0 saturated carbocycles. The van der Waals surface area contributed by atoms with Crippen LogP contribution in [0.15, 0.2) is 0 Å². The number of likely N-dealkylation sites (tertiary alicyclic amines) is 1. The normalized spacial score (nSPS) is 18.1. The summed E-state index contributed by atoms with van der Waals surface area (Å²) in [4.78, 5) is 25.5. The van der Waals surface area contributed by atoms with Gasteiger partial charge in [-0.1, -0.05) is 0 Å². The highest BCUT2D eigenvalue weighted by Gasteiger charge is 2.32. The molecule has 1 fully saturated rings. The molecule has 1 saturated heterocycles. The molecule has 1 heterocycles. The van der Waals surface area contributed by atoms with Gasteiger partial charge in [-0.2, -0.15) is 0 Å². The van der Waals surface area contributed by atoms with E-state index in [1.54, 1.807) is 4.90 Å². The molecule has 4 heteroatoms. The molecule has 1 aromatic rings. The molecular formula is C17H23NO3. The number of carboxylic acids is 1. The molecular weight excluding hydrogens is 266 g/mol. The zero-order valence-electron chi connectivity index (χ0n) is 13.4. The molecule has 0 aliphatic carbocycles. The van der Waals surface area contributed by atoms with Crippen molar-refractivity contribution < 1.29 is 14.7 Å². The predicted octanol–water partition coefficient (Wildman–Crippen LogP) is 2.78.